The SMILES string of the molecule is COC(=O)c1nc2cc(C)on2c(=O)c1O. The van der Waals surface area contributed by atoms with Gasteiger partial charge in [-0.2, -0.15) is 0 Å². The normalized spacial score (nSPS) is 10.6. The van der Waals surface area contributed by atoms with Crippen molar-refractivity contribution in [3.63, 3.8) is 0 Å². The lowest BCUT2D eigenvalue weighted by molar-refractivity contribution is 0.0590. The van der Waals surface area contributed by atoms with Crippen LogP contribution in [0.1, 0.15) is 16.2 Å². The molecule has 0 spiro atoms. The minimum atomic E-state index is -0.879. The molecule has 0 fully saturated rings. The van der Waals surface area contributed by atoms with Crippen LogP contribution in [0.25, 0.3) is 5.65 Å². The minimum absolute atomic E-state index is 0.140. The van der Waals surface area contributed by atoms with E-state index in [0.717, 1.165) is 11.7 Å². The molecule has 0 aliphatic heterocycles. The zero-order valence-corrected chi connectivity index (χ0v) is 8.55. The Bertz CT molecular complexity index is 625. The van der Waals surface area contributed by atoms with Gasteiger partial charge in [-0.3, -0.25) is 4.79 Å². The number of fused-ring (bicyclic) bond motifs is 1. The Morgan fingerprint density at radius 2 is 2.31 bits per heavy atom. The van der Waals surface area contributed by atoms with Crippen molar-refractivity contribution in [2.24, 2.45) is 0 Å². The van der Waals surface area contributed by atoms with Crippen molar-refractivity contribution in [3.05, 3.63) is 27.9 Å². The first kappa shape index (κ1) is 10.2. The van der Waals surface area contributed by atoms with Gasteiger partial charge in [0.15, 0.2) is 11.3 Å². The lowest BCUT2D eigenvalue weighted by atomic mass is 10.3. The number of methoxy groups -OCH3 is 1. The number of ether oxygens (including phenoxy) is 1. The van der Waals surface area contributed by atoms with Gasteiger partial charge in [0.05, 0.1) is 7.11 Å². The first-order chi connectivity index (χ1) is 7.54. The van der Waals surface area contributed by atoms with Crippen LogP contribution in [-0.2, 0) is 4.74 Å². The summed E-state index contributed by atoms with van der Waals surface area (Å²) in [6.45, 7) is 1.61. The van der Waals surface area contributed by atoms with E-state index in [1.54, 1.807) is 6.92 Å². The van der Waals surface area contributed by atoms with Crippen LogP contribution >= 0.6 is 0 Å². The second kappa shape index (κ2) is 3.37. The predicted octanol–water partition coefficient (Wildman–Crippen LogP) is 0.0881. The maximum absolute atomic E-state index is 11.6. The molecule has 0 saturated heterocycles. The van der Waals surface area contributed by atoms with Gasteiger partial charge in [-0.1, -0.05) is 0 Å². The Hall–Kier alpha value is -2.31. The fourth-order valence-electron chi connectivity index (χ4n) is 1.28. The van der Waals surface area contributed by atoms with Crippen molar-refractivity contribution in [1.82, 2.24) is 9.56 Å². The number of esters is 1. The lowest BCUT2D eigenvalue weighted by Gasteiger charge is -2.00. The summed E-state index contributed by atoms with van der Waals surface area (Å²) in [7, 11) is 1.13. The van der Waals surface area contributed by atoms with Crippen molar-refractivity contribution in [2.45, 2.75) is 6.92 Å². The molecule has 7 heteroatoms. The van der Waals surface area contributed by atoms with Crippen molar-refractivity contribution < 1.29 is 19.2 Å². The smallest absolute Gasteiger partial charge is 0.360 e. The molecule has 1 N–H and O–H groups in total. The Kier molecular flexibility index (Phi) is 2.15. The van der Waals surface area contributed by atoms with E-state index in [1.165, 1.54) is 6.07 Å². The number of nitrogens with zero attached hydrogens (tertiary/aromatic N) is 2. The van der Waals surface area contributed by atoms with E-state index in [0.29, 0.717) is 5.76 Å². The Morgan fingerprint density at radius 1 is 1.62 bits per heavy atom. The first-order valence-corrected chi connectivity index (χ1v) is 4.35. The lowest BCUT2D eigenvalue weighted by Crippen LogP contribution is -2.18. The highest BCUT2D eigenvalue weighted by atomic mass is 16.5. The third-order valence-corrected chi connectivity index (χ3v) is 1.99. The highest BCUT2D eigenvalue weighted by Gasteiger charge is 2.20. The van der Waals surface area contributed by atoms with Crippen LogP contribution in [0.3, 0.4) is 0 Å². The largest absolute Gasteiger partial charge is 0.501 e. The van der Waals surface area contributed by atoms with E-state index in [4.69, 9.17) is 4.52 Å². The number of aromatic hydroxyl groups is 1. The van der Waals surface area contributed by atoms with Crippen molar-refractivity contribution >= 4 is 11.6 Å². The number of carbonyl (C=O) groups excluding carboxylic acids is 1. The number of aromatic nitrogens is 2. The molecule has 0 aliphatic rings. The van der Waals surface area contributed by atoms with Crippen molar-refractivity contribution in [2.75, 3.05) is 7.11 Å². The second-order valence-corrected chi connectivity index (χ2v) is 3.10. The van der Waals surface area contributed by atoms with Crippen molar-refractivity contribution in [1.29, 1.82) is 0 Å². The van der Waals surface area contributed by atoms with Crippen LogP contribution < -0.4 is 5.56 Å². The molecule has 2 heterocycles. The van der Waals surface area contributed by atoms with Gasteiger partial charge in [-0.05, 0) is 6.92 Å². The fraction of sp³-hybridized carbons (Fsp3) is 0.222. The quantitative estimate of drug-likeness (QED) is 0.690. The molecule has 0 saturated carbocycles. The molecule has 0 atom stereocenters. The topological polar surface area (TPSA) is 94.0 Å². The fourth-order valence-corrected chi connectivity index (χ4v) is 1.28. The Balaban J connectivity index is 2.83. The zero-order chi connectivity index (χ0) is 11.9. The number of aryl methyl sites for hydroxylation is 1. The molecular weight excluding hydrogens is 216 g/mol. The van der Waals surface area contributed by atoms with Gasteiger partial charge in [0.2, 0.25) is 5.75 Å². The summed E-state index contributed by atoms with van der Waals surface area (Å²) in [6, 6.07) is 1.47. The molecule has 2 aromatic heterocycles. The molecule has 0 unspecified atom stereocenters. The van der Waals surface area contributed by atoms with Gasteiger partial charge < -0.3 is 14.4 Å². The summed E-state index contributed by atoms with van der Waals surface area (Å²) in [5.41, 5.74) is -1.13. The monoisotopic (exact) mass is 224 g/mol. The maximum Gasteiger partial charge on any atom is 0.360 e. The summed E-state index contributed by atoms with van der Waals surface area (Å²) in [5.74, 6) is -1.24. The average Bonchev–Trinajstić information content (AvgIpc) is 2.63. The van der Waals surface area contributed by atoms with E-state index in [-0.39, 0.29) is 5.65 Å². The maximum atomic E-state index is 11.6. The third kappa shape index (κ3) is 1.33. The average molecular weight is 224 g/mol. The van der Waals surface area contributed by atoms with Gasteiger partial charge in [0.1, 0.15) is 5.76 Å². The molecule has 16 heavy (non-hydrogen) atoms. The van der Waals surface area contributed by atoms with Crippen LogP contribution in [0.4, 0.5) is 0 Å². The van der Waals surface area contributed by atoms with E-state index in [2.05, 4.69) is 9.72 Å². The van der Waals surface area contributed by atoms with E-state index >= 15 is 0 Å². The van der Waals surface area contributed by atoms with E-state index in [9.17, 15) is 14.7 Å². The molecule has 84 valence electrons. The van der Waals surface area contributed by atoms with Gasteiger partial charge in [-0.15, -0.1) is 4.57 Å². The molecule has 2 aromatic rings. The number of carbonyl (C=O) groups is 1. The molecular formula is C9H8N2O5. The Morgan fingerprint density at radius 3 is 2.94 bits per heavy atom. The summed E-state index contributed by atoms with van der Waals surface area (Å²) < 4.78 is 10.2. The predicted molar refractivity (Wildman–Crippen MR) is 51.5 cm³/mol. The van der Waals surface area contributed by atoms with Gasteiger partial charge in [-0.25, -0.2) is 9.78 Å². The second-order valence-electron chi connectivity index (χ2n) is 3.10. The molecule has 2 rings (SSSR count). The standard InChI is InChI=1S/C9H8N2O5/c1-4-3-5-10-6(9(14)15-2)7(12)8(13)11(5)16-4/h3,12H,1-2H3. The van der Waals surface area contributed by atoms with Gasteiger partial charge in [0, 0.05) is 6.07 Å². The molecule has 0 bridgehead atoms. The molecule has 0 radical (unpaired) electrons. The van der Waals surface area contributed by atoms with Crippen LogP contribution in [0.2, 0.25) is 0 Å². The van der Waals surface area contributed by atoms with E-state index in [1.807, 2.05) is 0 Å². The minimum Gasteiger partial charge on any atom is -0.501 e. The molecule has 0 amide bonds. The highest BCUT2D eigenvalue weighted by Crippen LogP contribution is 2.13. The molecule has 0 aromatic carbocycles. The Labute approximate surface area is 88.9 Å². The summed E-state index contributed by atoms with van der Waals surface area (Å²) in [4.78, 5) is 26.5. The number of rotatable bonds is 1. The first-order valence-electron chi connectivity index (χ1n) is 4.35. The van der Waals surface area contributed by atoms with Crippen LogP contribution in [0.15, 0.2) is 15.4 Å². The summed E-state index contributed by atoms with van der Waals surface area (Å²) >= 11 is 0. The molecule has 0 aliphatic carbocycles. The van der Waals surface area contributed by atoms with E-state index < -0.39 is 23.0 Å². The highest BCUT2D eigenvalue weighted by molar-refractivity contribution is 5.90. The zero-order valence-electron chi connectivity index (χ0n) is 8.55. The number of hydrogen-bond donors (Lipinski definition) is 1. The summed E-state index contributed by atoms with van der Waals surface area (Å²) in [6.07, 6.45) is 0. The van der Waals surface area contributed by atoms with Crippen LogP contribution in [0, 0.1) is 6.92 Å². The van der Waals surface area contributed by atoms with Crippen LogP contribution in [-0.4, -0.2) is 27.7 Å². The van der Waals surface area contributed by atoms with Gasteiger partial charge >= 0.3 is 11.5 Å². The summed E-state index contributed by atoms with van der Waals surface area (Å²) in [5, 5.41) is 9.45. The molecule has 7 nitrogen and oxygen atoms in total. The number of hydrogen-bond acceptors (Lipinski definition) is 6. The van der Waals surface area contributed by atoms with Gasteiger partial charge in [0.25, 0.3) is 0 Å². The van der Waals surface area contributed by atoms with Crippen molar-refractivity contribution in [3.8, 4) is 5.75 Å². The van der Waals surface area contributed by atoms with Crippen LogP contribution in [0.5, 0.6) is 5.75 Å². The third-order valence-electron chi connectivity index (χ3n) is 1.99.